The van der Waals surface area contributed by atoms with Gasteiger partial charge < -0.3 is 5.32 Å². The van der Waals surface area contributed by atoms with Crippen molar-refractivity contribution in [3.05, 3.63) is 65.2 Å². The Bertz CT molecular complexity index is 575. The van der Waals surface area contributed by atoms with Gasteiger partial charge in [0, 0.05) is 17.8 Å². The Labute approximate surface area is 111 Å². The minimum absolute atomic E-state index is 0.232. The summed E-state index contributed by atoms with van der Waals surface area (Å²) in [6.07, 6.45) is 2.63. The van der Waals surface area contributed by atoms with Gasteiger partial charge in [-0.3, -0.25) is 0 Å². The third-order valence-corrected chi connectivity index (χ3v) is 3.54. The van der Waals surface area contributed by atoms with Crippen LogP contribution < -0.4 is 5.32 Å². The summed E-state index contributed by atoms with van der Waals surface area (Å²) in [4.78, 5) is 0. The molecule has 1 nitrogen and oxygen atoms in total. The number of benzene rings is 2. The molecule has 2 aromatic carbocycles. The Morgan fingerprint density at radius 3 is 2.58 bits per heavy atom. The molecule has 1 aliphatic heterocycles. The number of hydrogen-bond donors (Lipinski definition) is 1. The molecule has 0 fully saturated rings. The average molecular weight is 259 g/mol. The van der Waals surface area contributed by atoms with E-state index in [1.807, 2.05) is 18.2 Å². The largest absolute Gasteiger partial charge is 0.382 e. The molecule has 3 heteroatoms. The molecule has 1 N–H and O–H groups in total. The smallest absolute Gasteiger partial charge is 0.126 e. The Morgan fingerprint density at radius 1 is 1.05 bits per heavy atom. The zero-order chi connectivity index (χ0) is 13.2. The van der Waals surface area contributed by atoms with E-state index in [0.29, 0.717) is 12.0 Å². The molecule has 0 radical (unpaired) electrons. The number of nitrogens with one attached hydrogen (secondary N) is 1. The summed E-state index contributed by atoms with van der Waals surface area (Å²) in [7, 11) is 0. The van der Waals surface area contributed by atoms with Crippen molar-refractivity contribution in [2.75, 3.05) is 5.32 Å². The second-order valence-corrected chi connectivity index (χ2v) is 5.02. The second kappa shape index (κ2) is 5.00. The molecule has 1 heterocycles. The van der Waals surface area contributed by atoms with E-state index in [-0.39, 0.29) is 6.04 Å². The Hall–Kier alpha value is -1.90. The van der Waals surface area contributed by atoms with Crippen molar-refractivity contribution in [2.24, 2.45) is 0 Å². The summed E-state index contributed by atoms with van der Waals surface area (Å²) in [5.41, 5.74) is 3.15. The van der Waals surface area contributed by atoms with Crippen LogP contribution in [0.5, 0.6) is 0 Å². The number of anilines is 1. The molecule has 0 aliphatic carbocycles. The summed E-state index contributed by atoms with van der Waals surface area (Å²) in [6, 6.07) is 12.1. The van der Waals surface area contributed by atoms with Gasteiger partial charge in [-0.05, 0) is 48.6 Å². The standard InChI is InChI=1S/C16H15F2N/c17-13-7-11(8-14(18)10-13)9-15-6-5-12-3-1-2-4-16(12)19-15/h1-4,7-8,10,15,19H,5-6,9H2. The van der Waals surface area contributed by atoms with Crippen LogP contribution in [0.25, 0.3) is 0 Å². The highest BCUT2D eigenvalue weighted by atomic mass is 19.1. The maximum atomic E-state index is 13.2. The zero-order valence-corrected chi connectivity index (χ0v) is 10.5. The van der Waals surface area contributed by atoms with E-state index in [1.54, 1.807) is 0 Å². The quantitative estimate of drug-likeness (QED) is 0.861. The van der Waals surface area contributed by atoms with Gasteiger partial charge >= 0.3 is 0 Å². The molecule has 19 heavy (non-hydrogen) atoms. The monoisotopic (exact) mass is 259 g/mol. The van der Waals surface area contributed by atoms with Crippen LogP contribution >= 0.6 is 0 Å². The van der Waals surface area contributed by atoms with Gasteiger partial charge in [0.05, 0.1) is 0 Å². The Balaban J connectivity index is 1.75. The van der Waals surface area contributed by atoms with Crippen molar-refractivity contribution in [1.82, 2.24) is 0 Å². The zero-order valence-electron chi connectivity index (χ0n) is 10.5. The highest BCUT2D eigenvalue weighted by molar-refractivity contribution is 5.53. The van der Waals surface area contributed by atoms with Crippen LogP contribution in [-0.2, 0) is 12.8 Å². The molecule has 0 spiro atoms. The van der Waals surface area contributed by atoms with Crippen LogP contribution in [0.2, 0.25) is 0 Å². The Morgan fingerprint density at radius 2 is 1.79 bits per heavy atom. The van der Waals surface area contributed by atoms with Gasteiger partial charge in [0.1, 0.15) is 11.6 Å². The van der Waals surface area contributed by atoms with Crippen molar-refractivity contribution in [2.45, 2.75) is 25.3 Å². The fourth-order valence-electron chi connectivity index (χ4n) is 2.67. The minimum Gasteiger partial charge on any atom is -0.382 e. The first kappa shape index (κ1) is 12.2. The molecule has 1 unspecified atom stereocenters. The Kier molecular flexibility index (Phi) is 3.20. The predicted molar refractivity (Wildman–Crippen MR) is 72.2 cm³/mol. The highest BCUT2D eigenvalue weighted by Gasteiger charge is 2.17. The molecule has 1 aliphatic rings. The first-order chi connectivity index (χ1) is 9.20. The average Bonchev–Trinajstić information content (AvgIpc) is 2.37. The van der Waals surface area contributed by atoms with E-state index in [9.17, 15) is 8.78 Å². The number of halogens is 2. The molecule has 98 valence electrons. The van der Waals surface area contributed by atoms with Gasteiger partial charge in [0.25, 0.3) is 0 Å². The fraction of sp³-hybridized carbons (Fsp3) is 0.250. The molecule has 1 atom stereocenters. The number of rotatable bonds is 2. The fourth-order valence-corrected chi connectivity index (χ4v) is 2.67. The van der Waals surface area contributed by atoms with Crippen molar-refractivity contribution in [3.63, 3.8) is 0 Å². The van der Waals surface area contributed by atoms with Crippen LogP contribution in [0.3, 0.4) is 0 Å². The van der Waals surface area contributed by atoms with E-state index >= 15 is 0 Å². The summed E-state index contributed by atoms with van der Waals surface area (Å²) in [5.74, 6) is -1.02. The van der Waals surface area contributed by atoms with Crippen molar-refractivity contribution >= 4 is 5.69 Å². The summed E-state index contributed by atoms with van der Waals surface area (Å²) < 4.78 is 26.3. The van der Waals surface area contributed by atoms with Crippen molar-refractivity contribution in [1.29, 1.82) is 0 Å². The van der Waals surface area contributed by atoms with Crippen LogP contribution in [0, 0.1) is 11.6 Å². The SMILES string of the molecule is Fc1cc(F)cc(CC2CCc3ccccc3N2)c1. The first-order valence-electron chi connectivity index (χ1n) is 6.50. The second-order valence-electron chi connectivity index (χ2n) is 5.02. The van der Waals surface area contributed by atoms with Gasteiger partial charge in [-0.1, -0.05) is 18.2 Å². The topological polar surface area (TPSA) is 12.0 Å². The lowest BCUT2D eigenvalue weighted by molar-refractivity contribution is 0.572. The molecule has 0 aromatic heterocycles. The third-order valence-electron chi connectivity index (χ3n) is 3.54. The maximum Gasteiger partial charge on any atom is 0.126 e. The maximum absolute atomic E-state index is 13.2. The van der Waals surface area contributed by atoms with Gasteiger partial charge in [-0.15, -0.1) is 0 Å². The number of aryl methyl sites for hydroxylation is 1. The van der Waals surface area contributed by atoms with E-state index in [0.717, 1.165) is 24.6 Å². The summed E-state index contributed by atoms with van der Waals surface area (Å²) in [6.45, 7) is 0. The van der Waals surface area contributed by atoms with E-state index in [1.165, 1.54) is 17.7 Å². The van der Waals surface area contributed by atoms with E-state index in [4.69, 9.17) is 0 Å². The molecule has 0 saturated heterocycles. The van der Waals surface area contributed by atoms with Gasteiger partial charge in [-0.25, -0.2) is 8.78 Å². The number of para-hydroxylation sites is 1. The predicted octanol–water partition coefficient (Wildman–Crippen LogP) is 3.93. The van der Waals surface area contributed by atoms with Crippen LogP contribution in [-0.4, -0.2) is 6.04 Å². The lowest BCUT2D eigenvalue weighted by Crippen LogP contribution is -2.27. The van der Waals surface area contributed by atoms with Crippen molar-refractivity contribution < 1.29 is 8.78 Å². The molecular weight excluding hydrogens is 244 g/mol. The molecule has 2 aromatic rings. The molecular formula is C16H15F2N. The first-order valence-corrected chi connectivity index (χ1v) is 6.50. The molecule has 0 bridgehead atoms. The van der Waals surface area contributed by atoms with Crippen LogP contribution in [0.1, 0.15) is 17.5 Å². The third kappa shape index (κ3) is 2.75. The van der Waals surface area contributed by atoms with Crippen molar-refractivity contribution in [3.8, 4) is 0 Å². The van der Waals surface area contributed by atoms with E-state index in [2.05, 4.69) is 11.4 Å². The normalized spacial score (nSPS) is 17.7. The molecule has 0 amide bonds. The lowest BCUT2D eigenvalue weighted by Gasteiger charge is -2.27. The van der Waals surface area contributed by atoms with Crippen LogP contribution in [0.4, 0.5) is 14.5 Å². The lowest BCUT2D eigenvalue weighted by atomic mass is 9.94. The minimum atomic E-state index is -0.508. The highest BCUT2D eigenvalue weighted by Crippen LogP contribution is 2.26. The van der Waals surface area contributed by atoms with Crippen LogP contribution in [0.15, 0.2) is 42.5 Å². The van der Waals surface area contributed by atoms with Gasteiger partial charge in [0.15, 0.2) is 0 Å². The molecule has 3 rings (SSSR count). The summed E-state index contributed by atoms with van der Waals surface area (Å²) >= 11 is 0. The number of hydrogen-bond acceptors (Lipinski definition) is 1. The molecule has 0 saturated carbocycles. The summed E-state index contributed by atoms with van der Waals surface area (Å²) in [5, 5.41) is 3.44. The van der Waals surface area contributed by atoms with E-state index < -0.39 is 11.6 Å². The van der Waals surface area contributed by atoms with Gasteiger partial charge in [0.2, 0.25) is 0 Å². The van der Waals surface area contributed by atoms with Gasteiger partial charge in [-0.2, -0.15) is 0 Å². The number of fused-ring (bicyclic) bond motifs is 1.